The van der Waals surface area contributed by atoms with Gasteiger partial charge >= 0.3 is 0 Å². The van der Waals surface area contributed by atoms with Crippen LogP contribution >= 0.6 is 0 Å². The van der Waals surface area contributed by atoms with Crippen molar-refractivity contribution in [3.05, 3.63) is 89.6 Å². The lowest BCUT2D eigenvalue weighted by Gasteiger charge is -2.29. The van der Waals surface area contributed by atoms with Gasteiger partial charge in [0, 0.05) is 20.0 Å². The topological polar surface area (TPSA) is 83.6 Å². The van der Waals surface area contributed by atoms with Crippen LogP contribution in [0.1, 0.15) is 35.6 Å². The van der Waals surface area contributed by atoms with Crippen LogP contribution < -0.4 is 15.4 Å². The number of likely N-dealkylation sites (N-methyl/N-ethyl adjacent to an activating group) is 1. The third kappa shape index (κ3) is 6.90. The van der Waals surface area contributed by atoms with E-state index in [1.54, 1.807) is 30.3 Å². The van der Waals surface area contributed by atoms with Gasteiger partial charge < -0.3 is 20.3 Å². The Kier molecular flexibility index (Phi) is 8.11. The Morgan fingerprint density at radius 2 is 1.89 bits per heavy atom. The maximum atomic E-state index is 13.2. The molecule has 7 heteroatoms. The normalized spacial score (nSPS) is 16.6. The van der Waals surface area contributed by atoms with E-state index in [0.717, 1.165) is 12.0 Å². The summed E-state index contributed by atoms with van der Waals surface area (Å²) in [5.74, 6) is 1.04. The number of hydrogen-bond acceptors (Lipinski definition) is 5. The van der Waals surface area contributed by atoms with E-state index in [1.807, 2.05) is 30.3 Å². The summed E-state index contributed by atoms with van der Waals surface area (Å²) < 4.78 is 5.97. The number of pyridine rings is 1. The van der Waals surface area contributed by atoms with Crippen LogP contribution in [0.25, 0.3) is 0 Å². The van der Waals surface area contributed by atoms with Crippen molar-refractivity contribution in [2.45, 2.75) is 38.3 Å². The van der Waals surface area contributed by atoms with Crippen LogP contribution in [0, 0.1) is 6.92 Å². The summed E-state index contributed by atoms with van der Waals surface area (Å²) in [7, 11) is 1.78. The van der Waals surface area contributed by atoms with Crippen molar-refractivity contribution < 1.29 is 14.3 Å². The fraction of sp³-hybridized carbons (Fsp3) is 0.321. The van der Waals surface area contributed by atoms with Crippen molar-refractivity contribution in [3.8, 4) is 5.75 Å². The molecule has 2 heterocycles. The van der Waals surface area contributed by atoms with Gasteiger partial charge in [-0.1, -0.05) is 60.2 Å². The number of aromatic nitrogens is 1. The van der Waals surface area contributed by atoms with E-state index in [2.05, 4.69) is 46.8 Å². The Labute approximate surface area is 206 Å². The van der Waals surface area contributed by atoms with E-state index in [0.29, 0.717) is 37.5 Å². The standard InChI is InChI=1S/C28H32N4O3/c1-20-8-10-21(11-9-20)16-17-29-27(22-6-4-3-5-7-22)28(34)31-25-14-12-23(18-30-25)35-24-13-15-26(33)32(2)19-24/h3-12,14,18,24,27,29H,13,15-17,19H2,1-2H3,(H,30,31,34)/t24-,27-/m0/s1. The molecule has 0 saturated carbocycles. The van der Waals surface area contributed by atoms with Crippen molar-refractivity contribution in [1.29, 1.82) is 0 Å². The molecule has 1 saturated heterocycles. The second-order valence-electron chi connectivity index (χ2n) is 8.95. The first kappa shape index (κ1) is 24.4. The number of amides is 2. The van der Waals surface area contributed by atoms with Gasteiger partial charge in [-0.05, 0) is 43.0 Å². The molecule has 182 valence electrons. The molecule has 0 bridgehead atoms. The number of anilines is 1. The first-order valence-electron chi connectivity index (χ1n) is 12.0. The predicted molar refractivity (Wildman–Crippen MR) is 136 cm³/mol. The minimum absolute atomic E-state index is 0.0554. The van der Waals surface area contributed by atoms with E-state index in [1.165, 1.54) is 11.1 Å². The third-order valence-electron chi connectivity index (χ3n) is 6.15. The van der Waals surface area contributed by atoms with E-state index in [4.69, 9.17) is 4.74 Å². The maximum absolute atomic E-state index is 13.2. The van der Waals surface area contributed by atoms with Crippen LogP contribution in [-0.2, 0) is 16.0 Å². The summed E-state index contributed by atoms with van der Waals surface area (Å²) in [6.45, 7) is 3.29. The summed E-state index contributed by atoms with van der Waals surface area (Å²) in [5.41, 5.74) is 3.35. The molecule has 2 atom stereocenters. The van der Waals surface area contributed by atoms with Gasteiger partial charge in [-0.25, -0.2) is 4.98 Å². The molecule has 0 spiro atoms. The number of aryl methyl sites for hydroxylation is 1. The molecular formula is C28H32N4O3. The number of rotatable bonds is 9. The minimum Gasteiger partial charge on any atom is -0.487 e. The first-order valence-corrected chi connectivity index (χ1v) is 12.0. The average molecular weight is 473 g/mol. The van der Waals surface area contributed by atoms with Gasteiger partial charge in [-0.15, -0.1) is 0 Å². The zero-order valence-corrected chi connectivity index (χ0v) is 20.2. The van der Waals surface area contributed by atoms with Crippen LogP contribution in [-0.4, -0.2) is 47.9 Å². The van der Waals surface area contributed by atoms with Gasteiger partial charge in [0.1, 0.15) is 23.7 Å². The van der Waals surface area contributed by atoms with E-state index in [-0.39, 0.29) is 17.9 Å². The van der Waals surface area contributed by atoms with Gasteiger partial charge in [0.15, 0.2) is 0 Å². The zero-order valence-electron chi connectivity index (χ0n) is 20.2. The Balaban J connectivity index is 1.36. The molecular weight excluding hydrogens is 440 g/mol. The number of nitrogens with one attached hydrogen (secondary N) is 2. The second-order valence-corrected chi connectivity index (χ2v) is 8.95. The number of carbonyl (C=O) groups excluding carboxylic acids is 2. The van der Waals surface area contributed by atoms with Crippen molar-refractivity contribution in [3.63, 3.8) is 0 Å². The zero-order chi connectivity index (χ0) is 24.6. The molecule has 2 aromatic carbocycles. The molecule has 2 N–H and O–H groups in total. The average Bonchev–Trinajstić information content (AvgIpc) is 2.87. The van der Waals surface area contributed by atoms with Gasteiger partial charge in [0.2, 0.25) is 11.8 Å². The summed E-state index contributed by atoms with van der Waals surface area (Å²) >= 11 is 0. The summed E-state index contributed by atoms with van der Waals surface area (Å²) in [5, 5.41) is 6.32. The van der Waals surface area contributed by atoms with Crippen LogP contribution in [0.2, 0.25) is 0 Å². The van der Waals surface area contributed by atoms with Crippen LogP contribution in [0.3, 0.4) is 0 Å². The molecule has 4 rings (SSSR count). The molecule has 1 aliphatic rings. The van der Waals surface area contributed by atoms with Gasteiger partial charge in [-0.2, -0.15) is 0 Å². The molecule has 1 aliphatic heterocycles. The van der Waals surface area contributed by atoms with Crippen molar-refractivity contribution in [2.75, 3.05) is 25.5 Å². The first-order chi connectivity index (χ1) is 17.0. The van der Waals surface area contributed by atoms with E-state index < -0.39 is 6.04 Å². The van der Waals surface area contributed by atoms with Gasteiger partial charge in [0.05, 0.1) is 12.7 Å². The maximum Gasteiger partial charge on any atom is 0.247 e. The molecule has 35 heavy (non-hydrogen) atoms. The number of nitrogens with zero attached hydrogens (tertiary/aromatic N) is 2. The van der Waals surface area contributed by atoms with E-state index >= 15 is 0 Å². The molecule has 1 aromatic heterocycles. The smallest absolute Gasteiger partial charge is 0.247 e. The SMILES string of the molecule is Cc1ccc(CCN[C@H](C(=O)Nc2ccc(O[C@H]3CCC(=O)N(C)C3)cn2)c2ccccc2)cc1. The second kappa shape index (κ2) is 11.6. The van der Waals surface area contributed by atoms with Gasteiger partial charge in [0.25, 0.3) is 0 Å². The fourth-order valence-electron chi connectivity index (χ4n) is 4.11. The van der Waals surface area contributed by atoms with Crippen molar-refractivity contribution >= 4 is 17.6 Å². The number of carbonyl (C=O) groups is 2. The Morgan fingerprint density at radius 3 is 2.57 bits per heavy atom. The largest absolute Gasteiger partial charge is 0.487 e. The molecule has 7 nitrogen and oxygen atoms in total. The predicted octanol–water partition coefficient (Wildman–Crippen LogP) is 3.90. The number of hydrogen-bond donors (Lipinski definition) is 2. The molecule has 0 unspecified atom stereocenters. The monoisotopic (exact) mass is 472 g/mol. The lowest BCUT2D eigenvalue weighted by Crippen LogP contribution is -2.42. The summed E-state index contributed by atoms with van der Waals surface area (Å²) in [4.78, 5) is 30.9. The number of piperidine rings is 1. The number of benzene rings is 2. The molecule has 1 fully saturated rings. The molecule has 0 radical (unpaired) electrons. The van der Waals surface area contributed by atoms with Crippen LogP contribution in [0.15, 0.2) is 72.9 Å². The molecule has 3 aromatic rings. The number of ether oxygens (including phenoxy) is 1. The van der Waals surface area contributed by atoms with E-state index in [9.17, 15) is 9.59 Å². The van der Waals surface area contributed by atoms with Gasteiger partial charge in [-0.3, -0.25) is 9.59 Å². The summed E-state index contributed by atoms with van der Waals surface area (Å²) in [6, 6.07) is 21.1. The third-order valence-corrected chi connectivity index (χ3v) is 6.15. The lowest BCUT2D eigenvalue weighted by molar-refractivity contribution is -0.134. The highest BCUT2D eigenvalue weighted by molar-refractivity contribution is 5.94. The van der Waals surface area contributed by atoms with Crippen molar-refractivity contribution in [1.82, 2.24) is 15.2 Å². The van der Waals surface area contributed by atoms with Crippen molar-refractivity contribution in [2.24, 2.45) is 0 Å². The highest BCUT2D eigenvalue weighted by Crippen LogP contribution is 2.20. The molecule has 0 aliphatic carbocycles. The molecule has 2 amide bonds. The fourth-order valence-corrected chi connectivity index (χ4v) is 4.11. The highest BCUT2D eigenvalue weighted by atomic mass is 16.5. The quantitative estimate of drug-likeness (QED) is 0.494. The Hall–Kier alpha value is -3.71. The Morgan fingerprint density at radius 1 is 1.11 bits per heavy atom. The number of likely N-dealkylation sites (tertiary alicyclic amines) is 1. The Bertz CT molecular complexity index is 1120. The summed E-state index contributed by atoms with van der Waals surface area (Å²) in [6.07, 6.45) is 3.55. The van der Waals surface area contributed by atoms with Crippen LogP contribution in [0.4, 0.5) is 5.82 Å². The highest BCUT2D eigenvalue weighted by Gasteiger charge is 2.24. The minimum atomic E-state index is -0.505. The van der Waals surface area contributed by atoms with Crippen LogP contribution in [0.5, 0.6) is 5.75 Å². The lowest BCUT2D eigenvalue weighted by atomic mass is 10.1.